The van der Waals surface area contributed by atoms with E-state index >= 15 is 0 Å². The molecule has 1 N–H and O–H groups in total. The van der Waals surface area contributed by atoms with E-state index in [1.807, 2.05) is 6.07 Å². The first-order chi connectivity index (χ1) is 16.8. The number of aliphatic hydroxyl groups excluding tert-OH is 1. The summed E-state index contributed by atoms with van der Waals surface area (Å²) in [4.78, 5) is 27.4. The molecule has 0 saturated carbocycles. The molecule has 35 heavy (non-hydrogen) atoms. The lowest BCUT2D eigenvalue weighted by Crippen LogP contribution is -2.35. The van der Waals surface area contributed by atoms with E-state index in [-0.39, 0.29) is 34.9 Å². The van der Waals surface area contributed by atoms with Gasteiger partial charge in [0.1, 0.15) is 5.76 Å². The molecule has 0 spiro atoms. The van der Waals surface area contributed by atoms with Crippen molar-refractivity contribution in [1.29, 1.82) is 0 Å². The van der Waals surface area contributed by atoms with Crippen molar-refractivity contribution in [2.75, 3.05) is 33.4 Å². The molecule has 2 saturated heterocycles. The zero-order valence-corrected chi connectivity index (χ0v) is 21.7. The number of hydrogen-bond acceptors (Lipinski definition) is 6. The molecule has 0 unspecified atom stereocenters. The number of ether oxygens (including phenoxy) is 1. The van der Waals surface area contributed by atoms with E-state index in [0.717, 1.165) is 23.7 Å². The summed E-state index contributed by atoms with van der Waals surface area (Å²) in [5.74, 6) is -1.87. The summed E-state index contributed by atoms with van der Waals surface area (Å²) in [6, 6.07) is 12.2. The van der Waals surface area contributed by atoms with Gasteiger partial charge in [-0.2, -0.15) is 4.31 Å². The number of Topliss-reactive ketones (excluding diaryl/α,β-unsaturated/α-hetero) is 1. The predicted molar refractivity (Wildman–Crippen MR) is 134 cm³/mol. The van der Waals surface area contributed by atoms with Gasteiger partial charge >= 0.3 is 0 Å². The van der Waals surface area contributed by atoms with Crippen LogP contribution in [0.2, 0.25) is 0 Å². The first-order valence-corrected chi connectivity index (χ1v) is 13.6. The Kier molecular flexibility index (Phi) is 7.75. The maximum atomic E-state index is 13.0. The van der Waals surface area contributed by atoms with Gasteiger partial charge in [-0.25, -0.2) is 8.42 Å². The van der Waals surface area contributed by atoms with E-state index in [1.165, 1.54) is 40.6 Å². The monoisotopic (exact) mass is 562 g/mol. The topological polar surface area (TPSA) is 104 Å². The summed E-state index contributed by atoms with van der Waals surface area (Å²) >= 11 is 3.42. The number of piperidine rings is 1. The molecule has 2 fully saturated rings. The molecular weight excluding hydrogens is 536 g/mol. The molecule has 1 amide bonds. The number of methoxy groups -OCH3 is 1. The Labute approximate surface area is 213 Å². The van der Waals surface area contributed by atoms with E-state index in [4.69, 9.17) is 4.74 Å². The van der Waals surface area contributed by atoms with Crippen molar-refractivity contribution < 1.29 is 27.9 Å². The third-order valence-corrected chi connectivity index (χ3v) is 8.73. The van der Waals surface area contributed by atoms with Crippen molar-refractivity contribution in [3.63, 3.8) is 0 Å². The number of carbonyl (C=O) groups is 2. The number of carbonyl (C=O) groups excluding carboxylic acids is 2. The maximum absolute atomic E-state index is 13.0. The zero-order chi connectivity index (χ0) is 25.2. The van der Waals surface area contributed by atoms with Crippen LogP contribution in [0, 0.1) is 0 Å². The number of likely N-dealkylation sites (tertiary alicyclic amines) is 1. The van der Waals surface area contributed by atoms with Crippen molar-refractivity contribution >= 4 is 43.4 Å². The molecule has 0 aromatic heterocycles. The van der Waals surface area contributed by atoms with Crippen LogP contribution < -0.4 is 0 Å². The molecule has 4 rings (SSSR count). The summed E-state index contributed by atoms with van der Waals surface area (Å²) in [5, 5.41) is 11.2. The number of amides is 1. The lowest BCUT2D eigenvalue weighted by molar-refractivity contribution is -0.140. The Morgan fingerprint density at radius 1 is 1.09 bits per heavy atom. The first kappa shape index (κ1) is 25.6. The second-order valence-electron chi connectivity index (χ2n) is 8.53. The van der Waals surface area contributed by atoms with Crippen molar-refractivity contribution in [3.05, 3.63) is 69.7 Å². The largest absolute Gasteiger partial charge is 0.507 e. The lowest BCUT2D eigenvalue weighted by atomic mass is 9.95. The third kappa shape index (κ3) is 5.06. The Morgan fingerprint density at radius 3 is 2.40 bits per heavy atom. The average Bonchev–Trinajstić information content (AvgIpc) is 3.12. The minimum absolute atomic E-state index is 0.0455. The number of rotatable bonds is 7. The highest BCUT2D eigenvalue weighted by atomic mass is 79.9. The molecule has 0 radical (unpaired) electrons. The quantitative estimate of drug-likeness (QED) is 0.313. The highest BCUT2D eigenvalue weighted by Crippen LogP contribution is 2.40. The number of benzene rings is 2. The Morgan fingerprint density at radius 2 is 1.77 bits per heavy atom. The summed E-state index contributed by atoms with van der Waals surface area (Å²) < 4.78 is 33.3. The Hall–Kier alpha value is -2.53. The summed E-state index contributed by atoms with van der Waals surface area (Å²) in [6.07, 6.45) is 2.67. The van der Waals surface area contributed by atoms with Gasteiger partial charge in [-0.15, -0.1) is 0 Å². The van der Waals surface area contributed by atoms with Gasteiger partial charge in [0.15, 0.2) is 0 Å². The highest BCUT2D eigenvalue weighted by Gasteiger charge is 2.46. The molecule has 10 heteroatoms. The fraction of sp³-hybridized carbons (Fsp3) is 0.360. The van der Waals surface area contributed by atoms with E-state index < -0.39 is 27.8 Å². The minimum Gasteiger partial charge on any atom is -0.507 e. The van der Waals surface area contributed by atoms with Crippen LogP contribution in [0.4, 0.5) is 0 Å². The van der Waals surface area contributed by atoms with Gasteiger partial charge in [0, 0.05) is 36.8 Å². The van der Waals surface area contributed by atoms with Crippen molar-refractivity contribution in [3.8, 4) is 0 Å². The van der Waals surface area contributed by atoms with Crippen LogP contribution in [0.15, 0.2) is 63.5 Å². The average molecular weight is 563 g/mol. The van der Waals surface area contributed by atoms with Gasteiger partial charge in [0.25, 0.3) is 11.7 Å². The first-order valence-electron chi connectivity index (χ1n) is 11.4. The molecule has 1 atom stereocenters. The molecule has 2 aromatic carbocycles. The minimum atomic E-state index is -3.63. The Bertz CT molecular complexity index is 1250. The van der Waals surface area contributed by atoms with E-state index in [9.17, 15) is 23.1 Å². The second-order valence-corrected chi connectivity index (χ2v) is 11.4. The molecule has 2 aliphatic rings. The van der Waals surface area contributed by atoms with Crippen LogP contribution in [0.1, 0.15) is 36.4 Å². The fourth-order valence-corrected chi connectivity index (χ4v) is 6.45. The number of aliphatic hydroxyl groups is 1. The van der Waals surface area contributed by atoms with Crippen LogP contribution in [0.3, 0.4) is 0 Å². The number of halogens is 1. The van der Waals surface area contributed by atoms with Gasteiger partial charge in [-0.3, -0.25) is 9.59 Å². The van der Waals surface area contributed by atoms with Crippen LogP contribution in [-0.2, 0) is 24.3 Å². The predicted octanol–water partition coefficient (Wildman–Crippen LogP) is 3.69. The van der Waals surface area contributed by atoms with Crippen LogP contribution >= 0.6 is 15.9 Å². The normalized spacial score (nSPS) is 21.0. The Balaban J connectivity index is 1.74. The summed E-state index contributed by atoms with van der Waals surface area (Å²) in [6.45, 7) is 1.37. The molecule has 8 nitrogen and oxygen atoms in total. The van der Waals surface area contributed by atoms with E-state index in [2.05, 4.69) is 15.9 Å². The van der Waals surface area contributed by atoms with Crippen LogP contribution in [0.5, 0.6) is 0 Å². The van der Waals surface area contributed by atoms with Crippen LogP contribution in [0.25, 0.3) is 5.76 Å². The van der Waals surface area contributed by atoms with Gasteiger partial charge in [0.2, 0.25) is 10.0 Å². The van der Waals surface area contributed by atoms with Crippen molar-refractivity contribution in [2.24, 2.45) is 0 Å². The van der Waals surface area contributed by atoms with Gasteiger partial charge in [-0.05, 0) is 54.8 Å². The standard InChI is InChI=1S/C25H27BrN2O6S/c1-34-15-14-28-22(18-6-5-7-19(26)16-18)21(24(30)25(28)31)23(29)17-8-10-20(11-9-17)35(32,33)27-12-3-2-4-13-27/h5-11,16,22,29H,2-4,12-15H2,1H3/t22-/m0/s1. The number of ketones is 1. The van der Waals surface area contributed by atoms with E-state index in [0.29, 0.717) is 18.7 Å². The van der Waals surface area contributed by atoms with Crippen molar-refractivity contribution in [2.45, 2.75) is 30.2 Å². The molecule has 2 heterocycles. The molecule has 2 aliphatic heterocycles. The van der Waals surface area contributed by atoms with Crippen molar-refractivity contribution in [1.82, 2.24) is 9.21 Å². The summed E-state index contributed by atoms with van der Waals surface area (Å²) in [5.41, 5.74) is 0.865. The van der Waals surface area contributed by atoms with Crippen LogP contribution in [-0.4, -0.2) is 67.8 Å². The summed E-state index contributed by atoms with van der Waals surface area (Å²) in [7, 11) is -2.13. The van der Waals surface area contributed by atoms with Gasteiger partial charge < -0.3 is 14.7 Å². The molecule has 0 aliphatic carbocycles. The van der Waals surface area contributed by atoms with Gasteiger partial charge in [0.05, 0.1) is 23.1 Å². The van der Waals surface area contributed by atoms with E-state index in [1.54, 1.807) is 18.2 Å². The van der Waals surface area contributed by atoms with Gasteiger partial charge in [-0.1, -0.05) is 34.5 Å². The number of sulfonamides is 1. The lowest BCUT2D eigenvalue weighted by Gasteiger charge is -2.26. The molecule has 0 bridgehead atoms. The highest BCUT2D eigenvalue weighted by molar-refractivity contribution is 9.10. The molecular formula is C25H27BrN2O6S. The smallest absolute Gasteiger partial charge is 0.295 e. The zero-order valence-electron chi connectivity index (χ0n) is 19.3. The number of hydrogen-bond donors (Lipinski definition) is 1. The fourth-order valence-electron chi connectivity index (χ4n) is 4.52. The maximum Gasteiger partial charge on any atom is 0.295 e. The SMILES string of the molecule is COCCN1C(=O)C(=O)C(=C(O)c2ccc(S(=O)(=O)N3CCCCC3)cc2)[C@@H]1c1cccc(Br)c1. The molecule has 186 valence electrons. The second kappa shape index (κ2) is 10.6. The third-order valence-electron chi connectivity index (χ3n) is 6.32. The number of nitrogens with zero attached hydrogens (tertiary/aromatic N) is 2. The molecule has 2 aromatic rings.